The highest BCUT2D eigenvalue weighted by Crippen LogP contribution is 2.54. The number of ketones is 2. The van der Waals surface area contributed by atoms with Crippen molar-refractivity contribution in [1.82, 2.24) is 0 Å². The minimum Gasteiger partial charge on any atom is -0.359 e. The van der Waals surface area contributed by atoms with Crippen molar-refractivity contribution in [3.63, 3.8) is 0 Å². The molecule has 0 saturated heterocycles. The van der Waals surface area contributed by atoms with Crippen molar-refractivity contribution in [2.24, 2.45) is 16.7 Å². The van der Waals surface area contributed by atoms with Gasteiger partial charge in [-0.3, -0.25) is 9.59 Å². The van der Waals surface area contributed by atoms with Gasteiger partial charge in [-0.1, -0.05) is 32.4 Å². The van der Waals surface area contributed by atoms with Crippen LogP contribution in [-0.2, 0) is 19.1 Å². The third kappa shape index (κ3) is 3.59. The van der Waals surface area contributed by atoms with Crippen LogP contribution in [0.15, 0.2) is 23.8 Å². The first-order valence-electron chi connectivity index (χ1n) is 9.77. The molecule has 0 radical (unpaired) electrons. The quantitative estimate of drug-likeness (QED) is 0.443. The van der Waals surface area contributed by atoms with E-state index < -0.39 is 10.8 Å². The molecule has 0 spiro atoms. The summed E-state index contributed by atoms with van der Waals surface area (Å²) in [5, 5.41) is 0. The topological polar surface area (TPSA) is 52.6 Å². The van der Waals surface area contributed by atoms with Crippen molar-refractivity contribution in [3.8, 4) is 0 Å². The normalized spacial score (nSPS) is 29.3. The highest BCUT2D eigenvalue weighted by molar-refractivity contribution is 6.00. The third-order valence-electron chi connectivity index (χ3n) is 6.80. The first-order valence-corrected chi connectivity index (χ1v) is 9.77. The van der Waals surface area contributed by atoms with Gasteiger partial charge in [-0.05, 0) is 38.5 Å². The van der Waals surface area contributed by atoms with Crippen LogP contribution in [0.2, 0.25) is 0 Å². The van der Waals surface area contributed by atoms with Gasteiger partial charge in [0.1, 0.15) is 12.6 Å². The zero-order valence-corrected chi connectivity index (χ0v) is 17.0. The largest absolute Gasteiger partial charge is 0.359 e. The molecule has 0 aromatic rings. The second-order valence-electron chi connectivity index (χ2n) is 8.29. The van der Waals surface area contributed by atoms with Gasteiger partial charge >= 0.3 is 0 Å². The minimum absolute atomic E-state index is 0.150. The highest BCUT2D eigenvalue weighted by Gasteiger charge is 2.52. The Balaban J connectivity index is 2.47. The molecule has 0 aromatic carbocycles. The third-order valence-corrected chi connectivity index (χ3v) is 6.80. The summed E-state index contributed by atoms with van der Waals surface area (Å²) in [6, 6.07) is 0. The summed E-state index contributed by atoms with van der Waals surface area (Å²) in [4.78, 5) is 25.3. The Hall–Kier alpha value is -1.26. The maximum atomic E-state index is 12.7. The molecule has 4 atom stereocenters. The van der Waals surface area contributed by atoms with E-state index in [2.05, 4.69) is 20.4 Å². The summed E-state index contributed by atoms with van der Waals surface area (Å²) in [6.45, 7) is 12.2. The van der Waals surface area contributed by atoms with Crippen molar-refractivity contribution in [2.45, 2.75) is 72.3 Å². The van der Waals surface area contributed by atoms with Gasteiger partial charge in [-0.15, -0.1) is 6.58 Å². The summed E-state index contributed by atoms with van der Waals surface area (Å²) in [6.07, 6.45) is 5.96. The van der Waals surface area contributed by atoms with Crippen LogP contribution in [0.3, 0.4) is 0 Å². The first-order chi connectivity index (χ1) is 12.2. The van der Waals surface area contributed by atoms with Gasteiger partial charge in [-0.25, -0.2) is 0 Å². The Morgan fingerprint density at radius 1 is 1.42 bits per heavy atom. The molecule has 4 heteroatoms. The van der Waals surface area contributed by atoms with Gasteiger partial charge in [0.25, 0.3) is 0 Å². The summed E-state index contributed by atoms with van der Waals surface area (Å²) < 4.78 is 11.3. The molecule has 0 heterocycles. The fourth-order valence-corrected chi connectivity index (χ4v) is 4.75. The van der Waals surface area contributed by atoms with Crippen molar-refractivity contribution in [1.29, 1.82) is 0 Å². The Labute approximate surface area is 158 Å². The number of methoxy groups -OCH3 is 1. The molecule has 0 amide bonds. The lowest BCUT2D eigenvalue weighted by Gasteiger charge is -2.48. The second-order valence-corrected chi connectivity index (χ2v) is 8.29. The van der Waals surface area contributed by atoms with Crippen LogP contribution in [0.4, 0.5) is 0 Å². The SMILES string of the molecule is C=C[C@](C)(C[C@@H](OCOC)C1(C)C2=C(CCC2=O)CCC1C)C(=O)CC. The summed E-state index contributed by atoms with van der Waals surface area (Å²) in [5.41, 5.74) is 1.18. The van der Waals surface area contributed by atoms with Gasteiger partial charge in [0, 0.05) is 36.4 Å². The fourth-order valence-electron chi connectivity index (χ4n) is 4.75. The molecule has 0 bridgehead atoms. The summed E-state index contributed by atoms with van der Waals surface area (Å²) in [5.74, 6) is 0.704. The number of ether oxygens (including phenoxy) is 2. The molecule has 26 heavy (non-hydrogen) atoms. The van der Waals surface area contributed by atoms with Crippen molar-refractivity contribution >= 4 is 11.6 Å². The number of hydrogen-bond donors (Lipinski definition) is 0. The van der Waals surface area contributed by atoms with Gasteiger partial charge in [0.15, 0.2) is 5.78 Å². The summed E-state index contributed by atoms with van der Waals surface area (Å²) >= 11 is 0. The van der Waals surface area contributed by atoms with E-state index in [9.17, 15) is 9.59 Å². The first kappa shape index (κ1) is 21.0. The molecular weight excluding hydrogens is 328 g/mol. The average Bonchev–Trinajstić information content (AvgIpc) is 3.02. The maximum Gasteiger partial charge on any atom is 0.159 e. The number of allylic oxidation sites excluding steroid dienone is 2. The molecule has 4 nitrogen and oxygen atoms in total. The summed E-state index contributed by atoms with van der Waals surface area (Å²) in [7, 11) is 1.60. The van der Waals surface area contributed by atoms with Gasteiger partial charge < -0.3 is 9.47 Å². The van der Waals surface area contributed by atoms with Crippen LogP contribution in [0.5, 0.6) is 0 Å². The Morgan fingerprint density at radius 3 is 2.69 bits per heavy atom. The van der Waals surface area contributed by atoms with E-state index >= 15 is 0 Å². The molecule has 0 saturated carbocycles. The zero-order valence-electron chi connectivity index (χ0n) is 17.0. The highest BCUT2D eigenvalue weighted by atomic mass is 16.7. The lowest BCUT2D eigenvalue weighted by atomic mass is 9.59. The maximum absolute atomic E-state index is 12.7. The van der Waals surface area contributed by atoms with E-state index in [0.717, 1.165) is 24.8 Å². The number of rotatable bonds is 9. The molecule has 0 aromatic heterocycles. The number of carbonyl (C=O) groups is 2. The van der Waals surface area contributed by atoms with Crippen LogP contribution < -0.4 is 0 Å². The molecular formula is C22H34O4. The lowest BCUT2D eigenvalue weighted by molar-refractivity contribution is -0.144. The van der Waals surface area contributed by atoms with E-state index in [-0.39, 0.29) is 24.5 Å². The van der Waals surface area contributed by atoms with Gasteiger partial charge in [0.05, 0.1) is 6.10 Å². The molecule has 2 unspecified atom stereocenters. The fraction of sp³-hybridized carbons (Fsp3) is 0.727. The van der Waals surface area contributed by atoms with Crippen molar-refractivity contribution in [3.05, 3.63) is 23.8 Å². The molecule has 0 N–H and O–H groups in total. The number of Topliss-reactive ketones (excluding diaryl/α,β-unsaturated/α-hetero) is 2. The Kier molecular flexibility index (Phi) is 6.62. The lowest BCUT2D eigenvalue weighted by Crippen LogP contribution is -2.48. The van der Waals surface area contributed by atoms with Crippen LogP contribution >= 0.6 is 0 Å². The van der Waals surface area contributed by atoms with Crippen molar-refractivity contribution < 1.29 is 19.1 Å². The smallest absolute Gasteiger partial charge is 0.159 e. The predicted octanol–water partition coefficient (Wildman–Crippen LogP) is 4.63. The van der Waals surface area contributed by atoms with E-state index in [1.165, 1.54) is 5.57 Å². The molecule has 2 aliphatic rings. The molecule has 2 aliphatic carbocycles. The van der Waals surface area contributed by atoms with Gasteiger partial charge in [-0.2, -0.15) is 0 Å². The van der Waals surface area contributed by atoms with E-state index in [1.807, 2.05) is 13.8 Å². The Bertz CT molecular complexity index is 605. The van der Waals surface area contributed by atoms with Gasteiger partial charge in [0.2, 0.25) is 0 Å². The molecule has 2 rings (SSSR count). The van der Waals surface area contributed by atoms with Crippen LogP contribution in [0.25, 0.3) is 0 Å². The zero-order chi connectivity index (χ0) is 19.5. The molecule has 0 aliphatic heterocycles. The number of carbonyl (C=O) groups excluding carboxylic acids is 2. The van der Waals surface area contributed by atoms with Crippen LogP contribution in [0.1, 0.15) is 66.2 Å². The molecule has 0 fully saturated rings. The van der Waals surface area contributed by atoms with Crippen LogP contribution in [-0.4, -0.2) is 31.6 Å². The average molecular weight is 363 g/mol. The standard InChI is InChI=1S/C22H34O4/c1-7-18(24)21(4,8-2)13-19(26-14-25-6)22(5)15(3)9-10-16-11-12-17(23)20(16)22/h8,15,19H,2,7,9-14H2,1,3-6H3/t15?,19-,21-,22?/m1/s1. The monoisotopic (exact) mass is 362 g/mol. The van der Waals surface area contributed by atoms with E-state index in [1.54, 1.807) is 13.2 Å². The minimum atomic E-state index is -0.671. The van der Waals surface area contributed by atoms with Crippen LogP contribution in [0, 0.1) is 16.7 Å². The number of hydrogen-bond acceptors (Lipinski definition) is 4. The van der Waals surface area contributed by atoms with Crippen molar-refractivity contribution in [2.75, 3.05) is 13.9 Å². The van der Waals surface area contributed by atoms with E-state index in [0.29, 0.717) is 25.2 Å². The molecule has 146 valence electrons. The van der Waals surface area contributed by atoms with E-state index in [4.69, 9.17) is 9.47 Å². The Morgan fingerprint density at radius 2 is 2.12 bits per heavy atom. The predicted molar refractivity (Wildman–Crippen MR) is 103 cm³/mol. The second kappa shape index (κ2) is 8.18.